The monoisotopic (exact) mass is 306 g/mol. The molecule has 6 heteroatoms. The Bertz CT molecular complexity index is 548. The number of urea groups is 1. The van der Waals surface area contributed by atoms with Crippen molar-refractivity contribution < 1.29 is 9.53 Å². The average molecular weight is 306 g/mol. The molecule has 0 heterocycles. The third-order valence-electron chi connectivity index (χ3n) is 2.73. The summed E-state index contributed by atoms with van der Waals surface area (Å²) in [4.78, 5) is 16.1. The van der Waals surface area contributed by atoms with Gasteiger partial charge in [-0.25, -0.2) is 9.79 Å². The fourth-order valence-corrected chi connectivity index (χ4v) is 1.89. The first-order valence-electron chi connectivity index (χ1n) is 7.44. The Morgan fingerprint density at radius 2 is 2.00 bits per heavy atom. The van der Waals surface area contributed by atoms with Crippen molar-refractivity contribution in [3.63, 3.8) is 0 Å². The highest BCUT2D eigenvalue weighted by molar-refractivity contribution is 5.97. The predicted molar refractivity (Wildman–Crippen MR) is 89.7 cm³/mol. The number of benzene rings is 1. The van der Waals surface area contributed by atoms with Crippen molar-refractivity contribution in [1.82, 2.24) is 10.6 Å². The number of guanidine groups is 1. The van der Waals surface area contributed by atoms with E-state index >= 15 is 0 Å². The molecule has 0 aromatic heterocycles. The van der Waals surface area contributed by atoms with Crippen LogP contribution in [0, 0.1) is 0 Å². The molecule has 0 aliphatic carbocycles. The minimum atomic E-state index is -0.388. The maximum Gasteiger partial charge on any atom is 0.321 e. The molecular formula is C16H26N4O2. The third kappa shape index (κ3) is 5.63. The highest BCUT2D eigenvalue weighted by atomic mass is 16.5. The van der Waals surface area contributed by atoms with Crippen LogP contribution in [0.15, 0.2) is 23.2 Å². The van der Waals surface area contributed by atoms with Crippen LogP contribution in [0.1, 0.15) is 40.2 Å². The normalized spacial score (nSPS) is 12.0. The lowest BCUT2D eigenvalue weighted by molar-refractivity contribution is 0.236. The van der Waals surface area contributed by atoms with Crippen molar-refractivity contribution in [2.24, 2.45) is 10.7 Å². The summed E-state index contributed by atoms with van der Waals surface area (Å²) in [5.41, 5.74) is 7.15. The quantitative estimate of drug-likeness (QED) is 0.590. The molecule has 0 radical (unpaired) electrons. The van der Waals surface area contributed by atoms with Crippen molar-refractivity contribution in [3.8, 4) is 5.75 Å². The van der Waals surface area contributed by atoms with Gasteiger partial charge in [0.2, 0.25) is 5.96 Å². The van der Waals surface area contributed by atoms with Crippen molar-refractivity contribution >= 4 is 17.7 Å². The molecule has 1 rings (SSSR count). The van der Waals surface area contributed by atoms with E-state index in [-0.39, 0.29) is 17.5 Å². The number of aryl methyl sites for hydroxylation is 1. The van der Waals surface area contributed by atoms with Crippen LogP contribution in [0.5, 0.6) is 5.75 Å². The van der Waals surface area contributed by atoms with Crippen molar-refractivity contribution in [1.29, 1.82) is 0 Å². The van der Waals surface area contributed by atoms with E-state index in [1.165, 1.54) is 0 Å². The maximum atomic E-state index is 11.8. The van der Waals surface area contributed by atoms with Gasteiger partial charge in [0, 0.05) is 5.54 Å². The Kier molecular flexibility index (Phi) is 6.22. The summed E-state index contributed by atoms with van der Waals surface area (Å²) in [6, 6.07) is 5.33. The SMILES string of the molecule is CCOc1cccc(CC)c1N=C(N)NC(=O)NC(C)(C)C. The Hall–Kier alpha value is -2.24. The largest absolute Gasteiger partial charge is 0.492 e. The summed E-state index contributed by atoms with van der Waals surface area (Å²) in [5, 5.41) is 5.29. The molecule has 6 nitrogen and oxygen atoms in total. The van der Waals surface area contributed by atoms with Gasteiger partial charge >= 0.3 is 6.03 Å². The molecule has 122 valence electrons. The molecule has 0 atom stereocenters. The number of rotatable bonds is 4. The fraction of sp³-hybridized carbons (Fsp3) is 0.500. The molecule has 22 heavy (non-hydrogen) atoms. The van der Waals surface area contributed by atoms with Gasteiger partial charge in [-0.1, -0.05) is 19.1 Å². The summed E-state index contributed by atoms with van der Waals surface area (Å²) < 4.78 is 5.57. The fourth-order valence-electron chi connectivity index (χ4n) is 1.89. The molecule has 0 aliphatic rings. The van der Waals surface area contributed by atoms with E-state index in [0.717, 1.165) is 12.0 Å². The second kappa shape index (κ2) is 7.68. The van der Waals surface area contributed by atoms with Gasteiger partial charge in [0.15, 0.2) is 0 Å². The lowest BCUT2D eigenvalue weighted by Crippen LogP contribution is -2.50. The number of ether oxygens (including phenoxy) is 1. The van der Waals surface area contributed by atoms with Crippen LogP contribution in [0.2, 0.25) is 0 Å². The zero-order chi connectivity index (χ0) is 16.8. The van der Waals surface area contributed by atoms with Crippen molar-refractivity contribution in [2.45, 2.75) is 46.6 Å². The minimum absolute atomic E-state index is 0.0311. The van der Waals surface area contributed by atoms with Gasteiger partial charge in [-0.2, -0.15) is 0 Å². The molecule has 0 saturated heterocycles. The highest BCUT2D eigenvalue weighted by Gasteiger charge is 2.14. The molecular weight excluding hydrogens is 280 g/mol. The first-order chi connectivity index (χ1) is 10.3. The van der Waals surface area contributed by atoms with Gasteiger partial charge in [0.1, 0.15) is 11.4 Å². The molecule has 0 unspecified atom stereocenters. The zero-order valence-corrected chi connectivity index (χ0v) is 14.0. The molecule has 0 aliphatic heterocycles. The third-order valence-corrected chi connectivity index (χ3v) is 2.73. The number of aliphatic imine (C=N–C) groups is 1. The molecule has 2 amide bonds. The Morgan fingerprint density at radius 1 is 1.32 bits per heavy atom. The smallest absolute Gasteiger partial charge is 0.321 e. The van der Waals surface area contributed by atoms with Crippen LogP contribution in [-0.4, -0.2) is 24.1 Å². The van der Waals surface area contributed by atoms with E-state index in [4.69, 9.17) is 10.5 Å². The van der Waals surface area contributed by atoms with Crippen LogP contribution in [0.25, 0.3) is 0 Å². The van der Waals surface area contributed by atoms with E-state index < -0.39 is 0 Å². The Morgan fingerprint density at radius 3 is 2.55 bits per heavy atom. The first-order valence-corrected chi connectivity index (χ1v) is 7.44. The molecule has 0 bridgehead atoms. The second-order valence-corrected chi connectivity index (χ2v) is 5.88. The average Bonchev–Trinajstić information content (AvgIpc) is 2.38. The molecule has 0 spiro atoms. The minimum Gasteiger partial charge on any atom is -0.492 e. The van der Waals surface area contributed by atoms with Gasteiger partial charge < -0.3 is 15.8 Å². The number of carbonyl (C=O) groups is 1. The van der Waals surface area contributed by atoms with Gasteiger partial charge in [0.25, 0.3) is 0 Å². The lowest BCUT2D eigenvalue weighted by atomic mass is 10.1. The predicted octanol–water partition coefficient (Wildman–Crippen LogP) is 2.69. The molecule has 0 saturated carbocycles. The molecule has 0 fully saturated rings. The number of amides is 2. The summed E-state index contributed by atoms with van der Waals surface area (Å²) in [6.07, 6.45) is 0.793. The van der Waals surface area contributed by atoms with Crippen LogP contribution >= 0.6 is 0 Å². The number of nitrogens with two attached hydrogens (primary N) is 1. The standard InChI is InChI=1S/C16H26N4O2/c1-6-11-9-8-10-12(22-7-2)13(11)18-14(17)19-15(21)20-16(3,4)5/h8-10H,6-7H2,1-5H3,(H4,17,18,19,20,21). The molecule has 1 aromatic carbocycles. The molecule has 1 aromatic rings. The van der Waals surface area contributed by atoms with Crippen molar-refractivity contribution in [2.75, 3.05) is 6.61 Å². The lowest BCUT2D eigenvalue weighted by Gasteiger charge is -2.20. The van der Waals surface area contributed by atoms with Gasteiger partial charge in [0.05, 0.1) is 6.61 Å². The molecule has 4 N–H and O–H groups in total. The van der Waals surface area contributed by atoms with E-state index in [9.17, 15) is 4.79 Å². The Balaban J connectivity index is 2.97. The van der Waals surface area contributed by atoms with Gasteiger partial charge in [-0.15, -0.1) is 0 Å². The number of para-hydroxylation sites is 1. The second-order valence-electron chi connectivity index (χ2n) is 5.88. The van der Waals surface area contributed by atoms with E-state index in [1.54, 1.807) is 0 Å². The van der Waals surface area contributed by atoms with Gasteiger partial charge in [-0.3, -0.25) is 5.32 Å². The summed E-state index contributed by atoms with van der Waals surface area (Å²) >= 11 is 0. The highest BCUT2D eigenvalue weighted by Crippen LogP contribution is 2.31. The first kappa shape index (κ1) is 17.8. The van der Waals surface area contributed by atoms with Crippen LogP contribution < -0.4 is 21.1 Å². The van der Waals surface area contributed by atoms with Crippen LogP contribution in [-0.2, 0) is 6.42 Å². The maximum absolute atomic E-state index is 11.8. The summed E-state index contributed by atoms with van der Waals surface area (Å²) in [5.74, 6) is 0.687. The van der Waals surface area contributed by atoms with Gasteiger partial charge in [-0.05, 0) is 45.7 Å². The van der Waals surface area contributed by atoms with E-state index in [2.05, 4.69) is 15.6 Å². The van der Waals surface area contributed by atoms with E-state index in [1.807, 2.05) is 52.8 Å². The van der Waals surface area contributed by atoms with Crippen molar-refractivity contribution in [3.05, 3.63) is 23.8 Å². The zero-order valence-electron chi connectivity index (χ0n) is 14.0. The topological polar surface area (TPSA) is 88.7 Å². The summed E-state index contributed by atoms with van der Waals surface area (Å²) in [7, 11) is 0. The van der Waals surface area contributed by atoms with Crippen LogP contribution in [0.4, 0.5) is 10.5 Å². The number of nitrogens with zero attached hydrogens (tertiary/aromatic N) is 1. The number of nitrogens with one attached hydrogen (secondary N) is 2. The number of hydrogen-bond donors (Lipinski definition) is 3. The summed E-state index contributed by atoms with van der Waals surface area (Å²) in [6.45, 7) is 10.1. The number of carbonyl (C=O) groups excluding carboxylic acids is 1. The Labute approximate surface area is 132 Å². The van der Waals surface area contributed by atoms with Crippen LogP contribution in [0.3, 0.4) is 0 Å². The number of hydrogen-bond acceptors (Lipinski definition) is 3. The van der Waals surface area contributed by atoms with E-state index in [0.29, 0.717) is 18.0 Å².